The summed E-state index contributed by atoms with van der Waals surface area (Å²) < 4.78 is 44.2. The summed E-state index contributed by atoms with van der Waals surface area (Å²) in [6.45, 7) is 3.38. The molecule has 0 bridgehead atoms. The van der Waals surface area contributed by atoms with Crippen LogP contribution in [0.3, 0.4) is 0 Å². The van der Waals surface area contributed by atoms with Crippen LogP contribution in [0.1, 0.15) is 12.6 Å². The summed E-state index contributed by atoms with van der Waals surface area (Å²) in [4.78, 5) is 30.3. The largest absolute Gasteiger partial charge is 0.479 e. The van der Waals surface area contributed by atoms with Crippen molar-refractivity contribution in [3.05, 3.63) is 25.3 Å². The summed E-state index contributed by atoms with van der Waals surface area (Å²) in [5.74, 6) is 0.221. The Morgan fingerprint density at radius 1 is 1.50 bits per heavy atom. The maximum absolute atomic E-state index is 11.6. The van der Waals surface area contributed by atoms with Crippen molar-refractivity contribution in [1.82, 2.24) is 19.5 Å². The molecule has 0 aromatic carbocycles. The van der Waals surface area contributed by atoms with E-state index in [1.54, 1.807) is 10.6 Å². The average molecular weight is 435 g/mol. The Hall–Kier alpha value is -1.69. The normalized spacial score (nSPS) is 25.6. The molecular weight excluding hydrogens is 416 g/mol. The number of fused-ring (bicyclic) bond motifs is 1. The van der Waals surface area contributed by atoms with Crippen molar-refractivity contribution >= 4 is 33.1 Å². The van der Waals surface area contributed by atoms with Crippen molar-refractivity contribution in [2.75, 3.05) is 18.9 Å². The minimum absolute atomic E-state index is 0.217. The molecule has 2 unspecified atom stereocenters. The Morgan fingerprint density at radius 3 is 3.00 bits per heavy atom. The number of nitrogen functional groups attached to an aromatic ring is 1. The van der Waals surface area contributed by atoms with Gasteiger partial charge in [-0.25, -0.2) is 23.8 Å². The number of nitrogens with two attached hydrogens (primary N) is 1. The van der Waals surface area contributed by atoms with E-state index < -0.39 is 41.1 Å². The quantitative estimate of drug-likeness (QED) is 0.372. The minimum atomic E-state index is -4.71. The highest BCUT2D eigenvalue weighted by atomic mass is 31.2. The standard InChI is InChI=1S/C13H19N5O8P2/c1-2-3-23-8-4-10(18-7-17-11-12(14)15-6-16-13(11)18)25-9(8)5-24-28(21,22)26-27(19)20/h2,6-10,27H,1,3-5H2,(H,19,20)(H,21,22)(H2,14,15,16)/t8-,9-,10-/m1/s1. The molecule has 2 aromatic heterocycles. The lowest BCUT2D eigenvalue weighted by atomic mass is 10.2. The van der Waals surface area contributed by atoms with Crippen molar-refractivity contribution in [2.45, 2.75) is 24.9 Å². The van der Waals surface area contributed by atoms with E-state index in [0.717, 1.165) is 0 Å². The number of nitrogens with zero attached hydrogens (tertiary/aromatic N) is 4. The molecule has 3 heterocycles. The highest BCUT2D eigenvalue weighted by Gasteiger charge is 2.39. The first kappa shape index (κ1) is 21.0. The fourth-order valence-corrected chi connectivity index (χ4v) is 4.10. The van der Waals surface area contributed by atoms with Crippen LogP contribution in [0.4, 0.5) is 5.82 Å². The number of imidazole rings is 1. The van der Waals surface area contributed by atoms with Gasteiger partial charge in [0.2, 0.25) is 0 Å². The first-order chi connectivity index (χ1) is 13.3. The molecule has 5 atom stereocenters. The Bertz CT molecular complexity index is 923. The number of hydrogen-bond acceptors (Lipinski definition) is 10. The van der Waals surface area contributed by atoms with Crippen LogP contribution in [0.5, 0.6) is 0 Å². The van der Waals surface area contributed by atoms with Crippen LogP contribution < -0.4 is 5.73 Å². The molecule has 3 rings (SSSR count). The number of rotatable bonds is 9. The van der Waals surface area contributed by atoms with Gasteiger partial charge in [0.1, 0.15) is 24.2 Å². The van der Waals surface area contributed by atoms with Crippen molar-refractivity contribution in [3.8, 4) is 0 Å². The zero-order valence-electron chi connectivity index (χ0n) is 14.4. The zero-order valence-corrected chi connectivity index (χ0v) is 16.3. The first-order valence-electron chi connectivity index (χ1n) is 8.01. The number of aromatic nitrogens is 4. The molecule has 0 radical (unpaired) electrons. The fourth-order valence-electron chi connectivity index (χ4n) is 2.76. The van der Waals surface area contributed by atoms with Gasteiger partial charge in [0.15, 0.2) is 11.5 Å². The molecule has 0 saturated carbocycles. The molecule has 13 nitrogen and oxygen atoms in total. The van der Waals surface area contributed by atoms with Gasteiger partial charge in [0.25, 0.3) is 0 Å². The molecule has 15 heteroatoms. The van der Waals surface area contributed by atoms with Gasteiger partial charge in [-0.15, -0.1) is 6.58 Å². The molecule has 1 aliphatic rings. The third kappa shape index (κ3) is 4.83. The van der Waals surface area contributed by atoms with Crippen molar-refractivity contribution in [1.29, 1.82) is 0 Å². The summed E-state index contributed by atoms with van der Waals surface area (Å²) in [6, 6.07) is 0. The van der Waals surface area contributed by atoms with E-state index in [9.17, 15) is 14.0 Å². The van der Waals surface area contributed by atoms with Crippen LogP contribution in [0.2, 0.25) is 0 Å². The molecule has 154 valence electrons. The third-order valence-electron chi connectivity index (χ3n) is 3.90. The molecule has 4 N–H and O–H groups in total. The highest BCUT2D eigenvalue weighted by molar-refractivity contribution is 7.55. The predicted molar refractivity (Wildman–Crippen MR) is 96.3 cm³/mol. The molecule has 1 saturated heterocycles. The highest BCUT2D eigenvalue weighted by Crippen LogP contribution is 2.51. The van der Waals surface area contributed by atoms with E-state index in [1.165, 1.54) is 12.7 Å². The van der Waals surface area contributed by atoms with Gasteiger partial charge in [0.05, 0.1) is 25.6 Å². The molecule has 1 aliphatic heterocycles. The average Bonchev–Trinajstić information content (AvgIpc) is 3.21. The maximum Gasteiger partial charge on any atom is 0.479 e. The second-order valence-corrected chi connectivity index (χ2v) is 8.19. The summed E-state index contributed by atoms with van der Waals surface area (Å²) >= 11 is 0. The maximum atomic E-state index is 11.6. The van der Waals surface area contributed by atoms with Gasteiger partial charge < -0.3 is 25.0 Å². The second-order valence-electron chi connectivity index (χ2n) is 5.73. The van der Waals surface area contributed by atoms with Gasteiger partial charge >= 0.3 is 16.1 Å². The van der Waals surface area contributed by atoms with Gasteiger partial charge in [-0.1, -0.05) is 6.08 Å². The van der Waals surface area contributed by atoms with Gasteiger partial charge in [-0.05, 0) is 0 Å². The lowest BCUT2D eigenvalue weighted by molar-refractivity contribution is -0.0548. The second kappa shape index (κ2) is 8.76. The lowest BCUT2D eigenvalue weighted by Crippen LogP contribution is -2.29. The lowest BCUT2D eigenvalue weighted by Gasteiger charge is -2.19. The Labute approximate surface area is 159 Å². The van der Waals surface area contributed by atoms with Crippen molar-refractivity contribution in [3.63, 3.8) is 0 Å². The van der Waals surface area contributed by atoms with E-state index in [-0.39, 0.29) is 12.4 Å². The van der Waals surface area contributed by atoms with Gasteiger partial charge in [-0.3, -0.25) is 13.7 Å². The van der Waals surface area contributed by atoms with Crippen LogP contribution in [-0.2, 0) is 27.4 Å². The minimum Gasteiger partial charge on any atom is -0.382 e. The smallest absolute Gasteiger partial charge is 0.382 e. The molecule has 0 aliphatic carbocycles. The van der Waals surface area contributed by atoms with E-state index in [4.69, 9.17) is 24.6 Å². The molecule has 2 aromatic rings. The first-order valence-corrected chi connectivity index (χ1v) is 10.8. The number of hydrogen-bond donors (Lipinski definition) is 3. The molecular formula is C13H19N5O8P2. The SMILES string of the molecule is C=CCO[C@@H]1C[C@H](n2cnc3c(N)ncnc32)O[C@@H]1COP(=O)(O)O[PH](=O)O. The predicted octanol–water partition coefficient (Wildman–Crippen LogP) is 0.783. The van der Waals surface area contributed by atoms with Crippen LogP contribution in [0.15, 0.2) is 25.3 Å². The fraction of sp³-hybridized carbons (Fsp3) is 0.462. The number of anilines is 1. The molecule has 1 fully saturated rings. The zero-order chi connectivity index (χ0) is 20.3. The topological polar surface area (TPSA) is 181 Å². The van der Waals surface area contributed by atoms with Crippen molar-refractivity contribution in [2.24, 2.45) is 0 Å². The van der Waals surface area contributed by atoms with Crippen LogP contribution in [0, 0.1) is 0 Å². The van der Waals surface area contributed by atoms with Gasteiger partial charge in [-0.2, -0.15) is 0 Å². The van der Waals surface area contributed by atoms with E-state index in [2.05, 4.69) is 25.8 Å². The van der Waals surface area contributed by atoms with E-state index in [1.807, 2.05) is 0 Å². The van der Waals surface area contributed by atoms with Crippen LogP contribution >= 0.6 is 16.1 Å². The Balaban J connectivity index is 1.76. The number of phosphoric acid groups is 1. The van der Waals surface area contributed by atoms with Crippen LogP contribution in [0.25, 0.3) is 11.2 Å². The number of ether oxygens (including phenoxy) is 2. The third-order valence-corrected chi connectivity index (χ3v) is 5.92. The van der Waals surface area contributed by atoms with Gasteiger partial charge in [0, 0.05) is 6.42 Å². The summed E-state index contributed by atoms with van der Waals surface area (Å²) in [5, 5.41) is 0. The number of phosphoric ester groups is 1. The molecule has 28 heavy (non-hydrogen) atoms. The van der Waals surface area contributed by atoms with Crippen LogP contribution in [-0.4, -0.2) is 54.7 Å². The molecule has 0 amide bonds. The molecule has 0 spiro atoms. The summed E-state index contributed by atoms with van der Waals surface area (Å²) in [5.41, 5.74) is 6.65. The Morgan fingerprint density at radius 2 is 2.29 bits per heavy atom. The van der Waals surface area contributed by atoms with Crippen molar-refractivity contribution < 1.29 is 37.2 Å². The summed E-state index contributed by atoms with van der Waals surface area (Å²) in [6.07, 6.45) is 2.82. The van der Waals surface area contributed by atoms with E-state index >= 15 is 0 Å². The monoisotopic (exact) mass is 435 g/mol. The van der Waals surface area contributed by atoms with E-state index in [0.29, 0.717) is 17.6 Å². The summed E-state index contributed by atoms with van der Waals surface area (Å²) in [7, 11) is -8.36. The Kier molecular flexibility index (Phi) is 6.58.